The van der Waals surface area contributed by atoms with Crippen molar-refractivity contribution in [2.45, 2.75) is 31.9 Å². The Morgan fingerprint density at radius 2 is 1.81 bits per heavy atom. The molecule has 2 aromatic carbocycles. The Kier molecular flexibility index (Phi) is 7.39. The van der Waals surface area contributed by atoms with Crippen LogP contribution in [0.3, 0.4) is 0 Å². The lowest BCUT2D eigenvalue weighted by Crippen LogP contribution is -2.47. The van der Waals surface area contributed by atoms with Crippen LogP contribution in [0.5, 0.6) is 5.75 Å². The molecule has 1 fully saturated rings. The predicted octanol–water partition coefficient (Wildman–Crippen LogP) is 4.34. The highest BCUT2D eigenvalue weighted by atomic mass is 35.5. The van der Waals surface area contributed by atoms with Gasteiger partial charge in [0.15, 0.2) is 0 Å². The summed E-state index contributed by atoms with van der Waals surface area (Å²) in [5.41, 5.74) is 1.42. The average molecular weight is 470 g/mol. The third kappa shape index (κ3) is 6.08. The van der Waals surface area contributed by atoms with E-state index in [1.807, 2.05) is 40.6 Å². The molecule has 0 spiro atoms. The number of hydrogen-bond donors (Lipinski definition) is 1. The van der Waals surface area contributed by atoms with Crippen molar-refractivity contribution in [3.63, 3.8) is 0 Å². The summed E-state index contributed by atoms with van der Waals surface area (Å²) in [7, 11) is 0. The first-order valence-corrected chi connectivity index (χ1v) is 11.8. The number of carbonyl (C=O) groups is 2. The number of nitrogens with one attached hydrogen (secondary N) is 1. The van der Waals surface area contributed by atoms with Gasteiger partial charge >= 0.3 is 0 Å². The summed E-state index contributed by atoms with van der Waals surface area (Å²) in [5, 5.41) is 6.46. The van der Waals surface area contributed by atoms with E-state index in [0.717, 1.165) is 29.3 Å². The van der Waals surface area contributed by atoms with E-state index in [1.54, 1.807) is 24.3 Å². The normalized spacial score (nSPS) is 14.2. The van der Waals surface area contributed by atoms with Crippen molar-refractivity contribution in [2.75, 3.05) is 13.1 Å². The summed E-state index contributed by atoms with van der Waals surface area (Å²) < 4.78 is 5.72. The molecule has 0 bridgehead atoms. The van der Waals surface area contributed by atoms with E-state index in [-0.39, 0.29) is 24.3 Å². The summed E-state index contributed by atoms with van der Waals surface area (Å²) in [6.45, 7) is 1.62. The number of halogens is 1. The molecule has 1 saturated heterocycles. The molecule has 2 heterocycles. The molecule has 0 atom stereocenters. The molecule has 1 aromatic heterocycles. The van der Waals surface area contributed by atoms with Gasteiger partial charge in [0.2, 0.25) is 5.91 Å². The van der Waals surface area contributed by atoms with Gasteiger partial charge in [0.1, 0.15) is 17.4 Å². The number of piperidine rings is 1. The Balaban J connectivity index is 1.21. The van der Waals surface area contributed by atoms with E-state index in [0.29, 0.717) is 30.3 Å². The van der Waals surface area contributed by atoms with Gasteiger partial charge in [-0.25, -0.2) is 4.98 Å². The van der Waals surface area contributed by atoms with Crippen LogP contribution in [-0.4, -0.2) is 40.8 Å². The fourth-order valence-corrected chi connectivity index (χ4v) is 4.40. The molecule has 8 heteroatoms. The van der Waals surface area contributed by atoms with Crippen LogP contribution < -0.4 is 10.1 Å². The summed E-state index contributed by atoms with van der Waals surface area (Å²) in [6, 6.07) is 16.5. The minimum atomic E-state index is -0.0637. The zero-order chi connectivity index (χ0) is 22.3. The van der Waals surface area contributed by atoms with E-state index >= 15 is 0 Å². The van der Waals surface area contributed by atoms with E-state index in [9.17, 15) is 9.59 Å². The average Bonchev–Trinajstić information content (AvgIpc) is 3.27. The maximum Gasteiger partial charge on any atom is 0.251 e. The fourth-order valence-electron chi connectivity index (χ4n) is 3.57. The van der Waals surface area contributed by atoms with E-state index in [1.165, 1.54) is 11.3 Å². The van der Waals surface area contributed by atoms with Crippen molar-refractivity contribution in [3.8, 4) is 5.75 Å². The number of aromatic nitrogens is 1. The van der Waals surface area contributed by atoms with Gasteiger partial charge in [0.25, 0.3) is 5.91 Å². The summed E-state index contributed by atoms with van der Waals surface area (Å²) in [5.74, 6) is 0.726. The minimum Gasteiger partial charge on any atom is -0.486 e. The van der Waals surface area contributed by atoms with Crippen LogP contribution >= 0.6 is 22.9 Å². The molecule has 32 heavy (non-hydrogen) atoms. The lowest BCUT2D eigenvalue weighted by molar-refractivity contribution is -0.131. The smallest absolute Gasteiger partial charge is 0.251 e. The molecule has 6 nitrogen and oxygen atoms in total. The van der Waals surface area contributed by atoms with Crippen LogP contribution in [0, 0.1) is 0 Å². The topological polar surface area (TPSA) is 71.5 Å². The van der Waals surface area contributed by atoms with Crippen LogP contribution in [0.2, 0.25) is 5.02 Å². The second-order valence-electron chi connectivity index (χ2n) is 7.65. The molecule has 2 amide bonds. The minimum absolute atomic E-state index is 0.0632. The van der Waals surface area contributed by atoms with Crippen LogP contribution in [-0.2, 0) is 17.8 Å². The Morgan fingerprint density at radius 3 is 2.53 bits per heavy atom. The zero-order valence-electron chi connectivity index (χ0n) is 17.5. The van der Waals surface area contributed by atoms with Gasteiger partial charge in [-0.15, -0.1) is 11.3 Å². The van der Waals surface area contributed by atoms with Gasteiger partial charge in [-0.3, -0.25) is 9.59 Å². The van der Waals surface area contributed by atoms with Gasteiger partial charge in [-0.2, -0.15) is 0 Å². The highest BCUT2D eigenvalue weighted by molar-refractivity contribution is 7.09. The molecule has 1 aliphatic rings. The van der Waals surface area contributed by atoms with Gasteiger partial charge in [0, 0.05) is 35.1 Å². The Morgan fingerprint density at radius 1 is 1.09 bits per heavy atom. The first kappa shape index (κ1) is 22.3. The van der Waals surface area contributed by atoms with Crippen molar-refractivity contribution in [1.82, 2.24) is 15.2 Å². The number of ether oxygens (including phenoxy) is 1. The molecule has 1 aliphatic heterocycles. The van der Waals surface area contributed by atoms with Crippen LogP contribution in [0.4, 0.5) is 0 Å². The molecule has 166 valence electrons. The van der Waals surface area contributed by atoms with E-state index < -0.39 is 0 Å². The second-order valence-corrected chi connectivity index (χ2v) is 9.03. The molecule has 4 rings (SSSR count). The van der Waals surface area contributed by atoms with Crippen LogP contribution in [0.15, 0.2) is 60.0 Å². The third-order valence-corrected chi connectivity index (χ3v) is 6.45. The van der Waals surface area contributed by atoms with Crippen molar-refractivity contribution >= 4 is 34.8 Å². The van der Waals surface area contributed by atoms with Crippen LogP contribution in [0.25, 0.3) is 0 Å². The number of likely N-dealkylation sites (tertiary alicyclic amines) is 1. The lowest BCUT2D eigenvalue weighted by Gasteiger charge is -2.32. The summed E-state index contributed by atoms with van der Waals surface area (Å²) in [6.07, 6.45) is 1.78. The number of thiazole rings is 1. The molecule has 0 aliphatic carbocycles. The lowest BCUT2D eigenvalue weighted by atomic mass is 10.0. The Hall–Kier alpha value is -2.90. The predicted molar refractivity (Wildman–Crippen MR) is 125 cm³/mol. The van der Waals surface area contributed by atoms with Gasteiger partial charge in [0.05, 0.1) is 12.1 Å². The molecule has 0 unspecified atom stereocenters. The van der Waals surface area contributed by atoms with Crippen molar-refractivity contribution in [2.24, 2.45) is 0 Å². The van der Waals surface area contributed by atoms with Crippen molar-refractivity contribution in [1.29, 1.82) is 0 Å². The molecular formula is C24H24ClN3O3S. The van der Waals surface area contributed by atoms with Crippen molar-refractivity contribution < 1.29 is 14.3 Å². The first-order valence-electron chi connectivity index (χ1n) is 10.5. The largest absolute Gasteiger partial charge is 0.486 e. The molecule has 3 aromatic rings. The number of nitrogens with zero attached hydrogens (tertiary/aromatic N) is 2. The second kappa shape index (κ2) is 10.6. The van der Waals surface area contributed by atoms with Gasteiger partial charge in [-0.05, 0) is 49.2 Å². The standard InChI is InChI=1S/C24H24ClN3O3S/c25-18-6-8-21(9-7-18)31-15-22-26-20(16-32-22)14-23(29)28-12-10-19(11-13-28)27-24(30)17-4-2-1-3-5-17/h1-9,16,19H,10-15H2,(H,27,30). The quantitative estimate of drug-likeness (QED) is 0.558. The maximum atomic E-state index is 12.7. The van der Waals surface area contributed by atoms with E-state index in [4.69, 9.17) is 16.3 Å². The number of rotatable bonds is 7. The molecule has 0 radical (unpaired) electrons. The first-order chi connectivity index (χ1) is 15.6. The van der Waals surface area contributed by atoms with E-state index in [2.05, 4.69) is 10.3 Å². The van der Waals surface area contributed by atoms with Gasteiger partial charge < -0.3 is 15.0 Å². The highest BCUT2D eigenvalue weighted by Crippen LogP contribution is 2.19. The highest BCUT2D eigenvalue weighted by Gasteiger charge is 2.24. The number of carbonyl (C=O) groups excluding carboxylic acids is 2. The number of amides is 2. The van der Waals surface area contributed by atoms with Crippen molar-refractivity contribution in [3.05, 3.63) is 81.3 Å². The number of hydrogen-bond acceptors (Lipinski definition) is 5. The molecular weight excluding hydrogens is 446 g/mol. The van der Waals surface area contributed by atoms with Crippen LogP contribution in [0.1, 0.15) is 33.9 Å². The Bertz CT molecular complexity index is 1050. The van der Waals surface area contributed by atoms with Gasteiger partial charge in [-0.1, -0.05) is 29.8 Å². The monoisotopic (exact) mass is 469 g/mol. The summed E-state index contributed by atoms with van der Waals surface area (Å²) in [4.78, 5) is 31.4. The SMILES string of the molecule is O=C(NC1CCN(C(=O)Cc2csc(COc3ccc(Cl)cc3)n2)CC1)c1ccccc1. The maximum absolute atomic E-state index is 12.7. The number of benzene rings is 2. The Labute approximate surface area is 196 Å². The fraction of sp³-hybridized carbons (Fsp3) is 0.292. The third-order valence-electron chi connectivity index (χ3n) is 5.33. The summed E-state index contributed by atoms with van der Waals surface area (Å²) >= 11 is 7.37. The molecule has 0 saturated carbocycles. The zero-order valence-corrected chi connectivity index (χ0v) is 19.1. The molecule has 1 N–H and O–H groups in total.